The van der Waals surface area contributed by atoms with Gasteiger partial charge in [-0.2, -0.15) is 0 Å². The lowest BCUT2D eigenvalue weighted by Gasteiger charge is -2.25. The molecule has 1 fully saturated rings. The van der Waals surface area contributed by atoms with Gasteiger partial charge in [-0.1, -0.05) is 19.8 Å². The number of rotatable bonds is 4. The van der Waals surface area contributed by atoms with Gasteiger partial charge < -0.3 is 11.1 Å². The first-order valence-electron chi connectivity index (χ1n) is 5.23. The molecule has 0 aromatic heterocycles. The average molecular weight is 184 g/mol. The van der Waals surface area contributed by atoms with Crippen molar-refractivity contribution < 1.29 is 4.79 Å². The van der Waals surface area contributed by atoms with Gasteiger partial charge in [0.25, 0.3) is 0 Å². The summed E-state index contributed by atoms with van der Waals surface area (Å²) in [7, 11) is 0. The van der Waals surface area contributed by atoms with Crippen molar-refractivity contribution >= 4 is 5.91 Å². The van der Waals surface area contributed by atoms with E-state index in [1.54, 1.807) is 0 Å². The molecule has 76 valence electrons. The summed E-state index contributed by atoms with van der Waals surface area (Å²) in [5.41, 5.74) is 5.45. The van der Waals surface area contributed by atoms with Crippen molar-refractivity contribution in [3.05, 3.63) is 0 Å². The van der Waals surface area contributed by atoms with Gasteiger partial charge >= 0.3 is 0 Å². The van der Waals surface area contributed by atoms with E-state index >= 15 is 0 Å². The number of carbonyl (C=O) groups is 1. The molecule has 0 bridgehead atoms. The molecular formula is C10H20N2O. The van der Waals surface area contributed by atoms with Crippen LogP contribution in [-0.2, 0) is 4.79 Å². The first-order valence-corrected chi connectivity index (χ1v) is 5.23. The van der Waals surface area contributed by atoms with Crippen molar-refractivity contribution in [2.24, 2.45) is 11.1 Å². The summed E-state index contributed by atoms with van der Waals surface area (Å²) in [6.07, 6.45) is 5.23. The number of nitrogens with two attached hydrogens (primary N) is 1. The van der Waals surface area contributed by atoms with Crippen molar-refractivity contribution in [1.82, 2.24) is 5.32 Å². The summed E-state index contributed by atoms with van der Waals surface area (Å²) in [5.74, 6) is 0.175. The second kappa shape index (κ2) is 4.61. The highest BCUT2D eigenvalue weighted by Crippen LogP contribution is 2.37. The third kappa shape index (κ3) is 2.21. The van der Waals surface area contributed by atoms with E-state index in [0.29, 0.717) is 6.54 Å². The zero-order chi connectivity index (χ0) is 9.73. The lowest BCUT2D eigenvalue weighted by atomic mass is 9.85. The van der Waals surface area contributed by atoms with Crippen molar-refractivity contribution in [3.8, 4) is 0 Å². The van der Waals surface area contributed by atoms with Crippen LogP contribution in [0.4, 0.5) is 0 Å². The molecule has 3 heteroatoms. The predicted molar refractivity (Wildman–Crippen MR) is 53.3 cm³/mol. The van der Waals surface area contributed by atoms with E-state index in [4.69, 9.17) is 5.73 Å². The van der Waals surface area contributed by atoms with Crippen molar-refractivity contribution in [2.75, 3.05) is 13.1 Å². The fourth-order valence-corrected chi connectivity index (χ4v) is 2.00. The molecular weight excluding hydrogens is 164 g/mol. The van der Waals surface area contributed by atoms with Gasteiger partial charge in [0.05, 0.1) is 5.41 Å². The Kier molecular flexibility index (Phi) is 3.72. The van der Waals surface area contributed by atoms with Gasteiger partial charge in [-0.05, 0) is 19.3 Å². The van der Waals surface area contributed by atoms with Crippen LogP contribution in [0.25, 0.3) is 0 Å². The summed E-state index contributed by atoms with van der Waals surface area (Å²) < 4.78 is 0. The minimum atomic E-state index is -0.227. The van der Waals surface area contributed by atoms with Crippen LogP contribution < -0.4 is 11.1 Å². The normalized spacial score (nSPS) is 20.2. The van der Waals surface area contributed by atoms with Crippen molar-refractivity contribution in [1.29, 1.82) is 0 Å². The first kappa shape index (κ1) is 10.5. The molecule has 0 aromatic rings. The van der Waals surface area contributed by atoms with E-state index in [2.05, 4.69) is 12.2 Å². The SMILES string of the molecule is CCCNC(=O)C1(CN)CCCC1. The molecule has 1 saturated carbocycles. The molecule has 0 unspecified atom stereocenters. The standard InChI is InChI=1S/C10H20N2O/c1-2-7-12-9(13)10(8-11)5-3-4-6-10/h2-8,11H2,1H3,(H,12,13). The van der Waals surface area contributed by atoms with Gasteiger partial charge in [-0.15, -0.1) is 0 Å². The fourth-order valence-electron chi connectivity index (χ4n) is 2.00. The lowest BCUT2D eigenvalue weighted by Crippen LogP contribution is -2.44. The molecule has 1 aliphatic carbocycles. The monoisotopic (exact) mass is 184 g/mol. The predicted octanol–water partition coefficient (Wildman–Crippen LogP) is 1.03. The van der Waals surface area contributed by atoms with E-state index in [-0.39, 0.29) is 11.3 Å². The molecule has 0 atom stereocenters. The van der Waals surface area contributed by atoms with Crippen molar-refractivity contribution in [3.63, 3.8) is 0 Å². The molecule has 0 heterocycles. The Morgan fingerprint density at radius 2 is 2.08 bits per heavy atom. The number of amides is 1. The minimum absolute atomic E-state index is 0.175. The molecule has 1 rings (SSSR count). The summed E-state index contributed by atoms with van der Waals surface area (Å²) in [4.78, 5) is 11.8. The van der Waals surface area contributed by atoms with Crippen LogP contribution in [0, 0.1) is 5.41 Å². The molecule has 1 amide bonds. The highest BCUT2D eigenvalue weighted by molar-refractivity contribution is 5.83. The van der Waals surface area contributed by atoms with E-state index in [1.807, 2.05) is 0 Å². The van der Waals surface area contributed by atoms with E-state index in [9.17, 15) is 4.79 Å². The molecule has 1 aliphatic rings. The zero-order valence-corrected chi connectivity index (χ0v) is 8.44. The van der Waals surface area contributed by atoms with E-state index < -0.39 is 0 Å². The second-order valence-electron chi connectivity index (χ2n) is 3.95. The smallest absolute Gasteiger partial charge is 0.227 e. The quantitative estimate of drug-likeness (QED) is 0.685. The van der Waals surface area contributed by atoms with E-state index in [0.717, 1.165) is 38.6 Å². The summed E-state index contributed by atoms with van der Waals surface area (Å²) in [6.45, 7) is 3.34. The molecule has 0 radical (unpaired) electrons. The summed E-state index contributed by atoms with van der Waals surface area (Å²) >= 11 is 0. The molecule has 0 aromatic carbocycles. The lowest BCUT2D eigenvalue weighted by molar-refractivity contribution is -0.130. The number of hydrogen-bond acceptors (Lipinski definition) is 2. The maximum atomic E-state index is 11.8. The maximum absolute atomic E-state index is 11.8. The fraction of sp³-hybridized carbons (Fsp3) is 0.900. The number of hydrogen-bond donors (Lipinski definition) is 2. The molecule has 0 aliphatic heterocycles. The molecule has 0 spiro atoms. The van der Waals surface area contributed by atoms with Crippen molar-refractivity contribution in [2.45, 2.75) is 39.0 Å². The Balaban J connectivity index is 2.49. The Morgan fingerprint density at radius 1 is 1.46 bits per heavy atom. The van der Waals surface area contributed by atoms with Crippen LogP contribution in [0.3, 0.4) is 0 Å². The summed E-state index contributed by atoms with van der Waals surface area (Å²) in [5, 5.41) is 2.95. The topological polar surface area (TPSA) is 55.1 Å². The Labute approximate surface area is 80.1 Å². The highest BCUT2D eigenvalue weighted by Gasteiger charge is 2.39. The minimum Gasteiger partial charge on any atom is -0.356 e. The zero-order valence-electron chi connectivity index (χ0n) is 8.44. The molecule has 3 N–H and O–H groups in total. The van der Waals surface area contributed by atoms with Gasteiger partial charge in [-0.3, -0.25) is 4.79 Å². The Hall–Kier alpha value is -0.570. The maximum Gasteiger partial charge on any atom is 0.227 e. The van der Waals surface area contributed by atoms with Gasteiger partial charge in [0.2, 0.25) is 5.91 Å². The van der Waals surface area contributed by atoms with Crippen LogP contribution in [0.1, 0.15) is 39.0 Å². The van der Waals surface area contributed by atoms with Crippen LogP contribution in [0.5, 0.6) is 0 Å². The number of carbonyl (C=O) groups excluding carboxylic acids is 1. The molecule has 13 heavy (non-hydrogen) atoms. The second-order valence-corrected chi connectivity index (χ2v) is 3.95. The average Bonchev–Trinajstić information content (AvgIpc) is 2.63. The van der Waals surface area contributed by atoms with Crippen LogP contribution in [-0.4, -0.2) is 19.0 Å². The van der Waals surface area contributed by atoms with Gasteiger partial charge in [-0.25, -0.2) is 0 Å². The van der Waals surface area contributed by atoms with Crippen LogP contribution >= 0.6 is 0 Å². The van der Waals surface area contributed by atoms with Gasteiger partial charge in [0.15, 0.2) is 0 Å². The van der Waals surface area contributed by atoms with Crippen LogP contribution in [0.15, 0.2) is 0 Å². The van der Waals surface area contributed by atoms with Gasteiger partial charge in [0, 0.05) is 13.1 Å². The summed E-state index contributed by atoms with van der Waals surface area (Å²) in [6, 6.07) is 0. The molecule has 0 saturated heterocycles. The van der Waals surface area contributed by atoms with Gasteiger partial charge in [0.1, 0.15) is 0 Å². The van der Waals surface area contributed by atoms with Crippen LogP contribution in [0.2, 0.25) is 0 Å². The third-order valence-electron chi connectivity index (χ3n) is 2.97. The highest BCUT2D eigenvalue weighted by atomic mass is 16.2. The number of nitrogens with one attached hydrogen (secondary N) is 1. The Bertz CT molecular complexity index is 174. The van der Waals surface area contributed by atoms with E-state index in [1.165, 1.54) is 0 Å². The first-order chi connectivity index (χ1) is 6.25. The largest absolute Gasteiger partial charge is 0.356 e. The molecule has 3 nitrogen and oxygen atoms in total. The third-order valence-corrected chi connectivity index (χ3v) is 2.97. The Morgan fingerprint density at radius 3 is 2.54 bits per heavy atom.